The third-order valence-electron chi connectivity index (χ3n) is 3.65. The van der Waals surface area contributed by atoms with Crippen molar-refractivity contribution in [3.05, 3.63) is 58.3 Å². The summed E-state index contributed by atoms with van der Waals surface area (Å²) < 4.78 is 82.4. The Bertz CT molecular complexity index is 1070. The van der Waals surface area contributed by atoms with Crippen molar-refractivity contribution >= 4 is 5.78 Å². The molecule has 0 unspecified atom stereocenters. The Morgan fingerprint density at radius 2 is 1.64 bits per heavy atom. The van der Waals surface area contributed by atoms with Gasteiger partial charge in [-0.1, -0.05) is 12.1 Å². The number of ether oxygens (including phenoxy) is 1. The molecule has 0 bridgehead atoms. The van der Waals surface area contributed by atoms with E-state index in [1.807, 2.05) is 0 Å². The molecule has 0 atom stereocenters. The molecule has 0 amide bonds. The van der Waals surface area contributed by atoms with Crippen molar-refractivity contribution in [3.8, 4) is 16.9 Å². The first-order valence-electron chi connectivity index (χ1n) is 7.73. The third-order valence-corrected chi connectivity index (χ3v) is 3.65. The molecule has 2 aromatic heterocycles. The van der Waals surface area contributed by atoms with E-state index in [1.165, 1.54) is 19.2 Å². The highest BCUT2D eigenvalue weighted by atomic mass is 19.4. The van der Waals surface area contributed by atoms with Gasteiger partial charge >= 0.3 is 12.4 Å². The van der Waals surface area contributed by atoms with Crippen LogP contribution in [0.25, 0.3) is 16.9 Å². The third kappa shape index (κ3) is 4.07. The van der Waals surface area contributed by atoms with Crippen LogP contribution >= 0.6 is 0 Å². The van der Waals surface area contributed by atoms with Crippen LogP contribution in [0.4, 0.5) is 26.3 Å². The zero-order chi connectivity index (χ0) is 20.7. The minimum absolute atomic E-state index is 0.167. The summed E-state index contributed by atoms with van der Waals surface area (Å²) >= 11 is 0. The van der Waals surface area contributed by atoms with Crippen LogP contribution in [0.15, 0.2) is 41.3 Å². The molecule has 3 aromatic rings. The van der Waals surface area contributed by atoms with E-state index in [0.717, 1.165) is 28.7 Å². The lowest BCUT2D eigenvalue weighted by Gasteiger charge is -2.14. The summed E-state index contributed by atoms with van der Waals surface area (Å²) in [7, 11) is 0. The molecule has 0 aliphatic heterocycles. The molecule has 0 spiro atoms. The van der Waals surface area contributed by atoms with Gasteiger partial charge in [-0.15, -0.1) is 0 Å². The highest BCUT2D eigenvalue weighted by Crippen LogP contribution is 2.34. The summed E-state index contributed by atoms with van der Waals surface area (Å²) in [6, 6.07) is 5.65. The molecule has 1 aromatic carbocycles. The average molecular weight is 403 g/mol. The Hall–Kier alpha value is -3.11. The molecule has 11 heteroatoms. The standard InChI is InChI=1S/C17H11F6N3O2/c1-9-6-7-26-14(27)12(13(17(21,22)23)25-15(26)24-9)10-2-4-11(5-3-10)28-8-16(18,19)20/h2-7H,8H2,1H3. The van der Waals surface area contributed by atoms with Crippen LogP contribution in [-0.4, -0.2) is 27.2 Å². The van der Waals surface area contributed by atoms with Crippen LogP contribution in [0.1, 0.15) is 11.4 Å². The highest BCUT2D eigenvalue weighted by molar-refractivity contribution is 5.67. The second kappa shape index (κ2) is 6.80. The molecule has 0 radical (unpaired) electrons. The van der Waals surface area contributed by atoms with Gasteiger partial charge in [-0.25, -0.2) is 9.97 Å². The molecule has 0 aliphatic carbocycles. The normalized spacial score (nSPS) is 12.4. The quantitative estimate of drug-likeness (QED) is 0.620. The lowest BCUT2D eigenvalue weighted by atomic mass is 10.0. The first-order chi connectivity index (χ1) is 13.0. The van der Waals surface area contributed by atoms with E-state index < -0.39 is 41.6 Å². The van der Waals surface area contributed by atoms with Gasteiger partial charge in [0.2, 0.25) is 5.78 Å². The smallest absolute Gasteiger partial charge is 0.434 e. The first-order valence-corrected chi connectivity index (χ1v) is 7.73. The number of halogens is 6. The lowest BCUT2D eigenvalue weighted by Crippen LogP contribution is -2.24. The summed E-state index contributed by atoms with van der Waals surface area (Å²) in [5.74, 6) is -0.619. The largest absolute Gasteiger partial charge is 0.484 e. The summed E-state index contributed by atoms with van der Waals surface area (Å²) in [4.78, 5) is 20.0. The molecular formula is C17H11F6N3O2. The van der Waals surface area contributed by atoms with E-state index in [1.54, 1.807) is 0 Å². The molecule has 0 N–H and O–H groups in total. The van der Waals surface area contributed by atoms with E-state index in [2.05, 4.69) is 14.7 Å². The van der Waals surface area contributed by atoms with Crippen LogP contribution in [0, 0.1) is 6.92 Å². The molecule has 0 fully saturated rings. The zero-order valence-corrected chi connectivity index (χ0v) is 14.1. The summed E-state index contributed by atoms with van der Waals surface area (Å²) in [5.41, 5.74) is -2.97. The monoisotopic (exact) mass is 403 g/mol. The highest BCUT2D eigenvalue weighted by Gasteiger charge is 2.38. The van der Waals surface area contributed by atoms with Crippen LogP contribution in [0.3, 0.4) is 0 Å². The average Bonchev–Trinajstić information content (AvgIpc) is 2.59. The number of aromatic nitrogens is 3. The van der Waals surface area contributed by atoms with Gasteiger partial charge in [0.05, 0.1) is 5.56 Å². The molecule has 2 heterocycles. The second-order valence-corrected chi connectivity index (χ2v) is 5.81. The van der Waals surface area contributed by atoms with Gasteiger partial charge in [-0.3, -0.25) is 9.20 Å². The van der Waals surface area contributed by atoms with Gasteiger partial charge < -0.3 is 4.74 Å². The number of rotatable bonds is 3. The summed E-state index contributed by atoms with van der Waals surface area (Å²) in [5, 5.41) is 0. The second-order valence-electron chi connectivity index (χ2n) is 5.81. The number of alkyl halides is 6. The van der Waals surface area contributed by atoms with Gasteiger partial charge in [0, 0.05) is 11.9 Å². The van der Waals surface area contributed by atoms with Crippen LogP contribution < -0.4 is 10.3 Å². The number of aryl methyl sites for hydroxylation is 1. The molecule has 0 aliphatic rings. The van der Waals surface area contributed by atoms with Crippen molar-refractivity contribution in [2.75, 3.05) is 6.61 Å². The SMILES string of the molecule is Cc1ccn2c(=O)c(-c3ccc(OCC(F)(F)F)cc3)c(C(F)(F)F)nc2n1. The van der Waals surface area contributed by atoms with Gasteiger partial charge in [-0.2, -0.15) is 26.3 Å². The van der Waals surface area contributed by atoms with Crippen molar-refractivity contribution in [1.29, 1.82) is 0 Å². The van der Waals surface area contributed by atoms with Crippen LogP contribution in [0.2, 0.25) is 0 Å². The fourth-order valence-corrected chi connectivity index (χ4v) is 2.46. The number of hydrogen-bond acceptors (Lipinski definition) is 4. The first kappa shape index (κ1) is 19.6. The number of benzene rings is 1. The predicted molar refractivity (Wildman–Crippen MR) is 86.0 cm³/mol. The topological polar surface area (TPSA) is 56.5 Å². The van der Waals surface area contributed by atoms with E-state index in [4.69, 9.17) is 0 Å². The van der Waals surface area contributed by atoms with Crippen molar-refractivity contribution in [1.82, 2.24) is 14.4 Å². The maximum atomic E-state index is 13.5. The van der Waals surface area contributed by atoms with Crippen LogP contribution in [-0.2, 0) is 6.18 Å². The molecular weight excluding hydrogens is 392 g/mol. The minimum atomic E-state index is -4.94. The summed E-state index contributed by atoms with van der Waals surface area (Å²) in [6.07, 6.45) is -8.26. The van der Waals surface area contributed by atoms with Gasteiger partial charge in [0.15, 0.2) is 12.3 Å². The molecule has 0 saturated heterocycles. The van der Waals surface area contributed by atoms with Crippen LogP contribution in [0.5, 0.6) is 5.75 Å². The maximum absolute atomic E-state index is 13.5. The Balaban J connectivity index is 2.12. The number of hydrogen-bond donors (Lipinski definition) is 0. The lowest BCUT2D eigenvalue weighted by molar-refractivity contribution is -0.153. The van der Waals surface area contributed by atoms with Crippen molar-refractivity contribution in [2.24, 2.45) is 0 Å². The van der Waals surface area contributed by atoms with E-state index in [-0.39, 0.29) is 11.3 Å². The van der Waals surface area contributed by atoms with Gasteiger partial charge in [0.25, 0.3) is 5.56 Å². The minimum Gasteiger partial charge on any atom is -0.484 e. The van der Waals surface area contributed by atoms with Crippen molar-refractivity contribution in [2.45, 2.75) is 19.3 Å². The molecule has 5 nitrogen and oxygen atoms in total. The summed E-state index contributed by atoms with van der Waals surface area (Å²) in [6.45, 7) is -0.0155. The Labute approximate surface area is 153 Å². The van der Waals surface area contributed by atoms with E-state index in [9.17, 15) is 31.1 Å². The van der Waals surface area contributed by atoms with Gasteiger partial charge in [0.1, 0.15) is 5.75 Å². The fourth-order valence-electron chi connectivity index (χ4n) is 2.46. The van der Waals surface area contributed by atoms with Crippen molar-refractivity contribution < 1.29 is 31.1 Å². The van der Waals surface area contributed by atoms with Gasteiger partial charge in [-0.05, 0) is 30.7 Å². The molecule has 28 heavy (non-hydrogen) atoms. The fraction of sp³-hybridized carbons (Fsp3) is 0.235. The predicted octanol–water partition coefficient (Wildman–Crippen LogP) is 4.02. The Kier molecular flexibility index (Phi) is 4.77. The molecule has 148 valence electrons. The molecule has 0 saturated carbocycles. The molecule has 3 rings (SSSR count). The number of nitrogens with zero attached hydrogens (tertiary/aromatic N) is 3. The zero-order valence-electron chi connectivity index (χ0n) is 14.1. The van der Waals surface area contributed by atoms with E-state index in [0.29, 0.717) is 5.69 Å². The maximum Gasteiger partial charge on any atom is 0.434 e. The number of fused-ring (bicyclic) bond motifs is 1. The van der Waals surface area contributed by atoms with Crippen molar-refractivity contribution in [3.63, 3.8) is 0 Å². The Morgan fingerprint density at radius 1 is 1.00 bits per heavy atom. The van der Waals surface area contributed by atoms with E-state index >= 15 is 0 Å². The Morgan fingerprint density at radius 3 is 2.21 bits per heavy atom.